The number of hydrogen-bond donors (Lipinski definition) is 1. The van der Waals surface area contributed by atoms with Crippen LogP contribution in [0.25, 0.3) is 0 Å². The SMILES string of the molecule is Cc1ccc([S@@](=O)[C@@H](C)[C@@](C)(N[S@](=O)c2ccc(C)cc2)c2ccccc2)cc1. The molecule has 0 aliphatic carbocycles. The zero-order valence-corrected chi connectivity index (χ0v) is 18.8. The van der Waals surface area contributed by atoms with Crippen LogP contribution in [0.5, 0.6) is 0 Å². The summed E-state index contributed by atoms with van der Waals surface area (Å²) >= 11 is 0. The van der Waals surface area contributed by atoms with Crippen molar-refractivity contribution in [3.63, 3.8) is 0 Å². The molecule has 4 atom stereocenters. The second kappa shape index (κ2) is 9.16. The van der Waals surface area contributed by atoms with E-state index in [1.807, 2.05) is 107 Å². The molecule has 0 aliphatic rings. The molecule has 3 nitrogen and oxygen atoms in total. The fourth-order valence-corrected chi connectivity index (χ4v) is 5.86. The Morgan fingerprint density at radius 1 is 0.759 bits per heavy atom. The number of benzene rings is 3. The van der Waals surface area contributed by atoms with Crippen molar-refractivity contribution >= 4 is 21.8 Å². The van der Waals surface area contributed by atoms with Crippen LogP contribution in [-0.2, 0) is 27.3 Å². The first-order valence-corrected chi connectivity index (χ1v) is 12.0. The van der Waals surface area contributed by atoms with E-state index in [0.717, 1.165) is 21.6 Å². The fourth-order valence-electron chi connectivity index (χ4n) is 3.16. The van der Waals surface area contributed by atoms with Gasteiger partial charge < -0.3 is 0 Å². The monoisotopic (exact) mass is 425 g/mol. The first-order chi connectivity index (χ1) is 13.8. The van der Waals surface area contributed by atoms with Crippen LogP contribution in [0.2, 0.25) is 0 Å². The second-order valence-electron chi connectivity index (χ2n) is 7.50. The molecule has 0 bridgehead atoms. The molecule has 0 aliphatic heterocycles. The molecule has 1 N–H and O–H groups in total. The minimum atomic E-state index is -1.44. The maximum atomic E-state index is 13.4. The van der Waals surface area contributed by atoms with Crippen LogP contribution < -0.4 is 4.72 Å². The van der Waals surface area contributed by atoms with Crippen molar-refractivity contribution < 1.29 is 8.42 Å². The van der Waals surface area contributed by atoms with Crippen molar-refractivity contribution in [3.05, 3.63) is 95.6 Å². The molecule has 5 heteroatoms. The third-order valence-corrected chi connectivity index (χ3v) is 8.46. The van der Waals surface area contributed by atoms with Gasteiger partial charge in [0.25, 0.3) is 0 Å². The van der Waals surface area contributed by atoms with Gasteiger partial charge >= 0.3 is 0 Å². The Morgan fingerprint density at radius 2 is 1.24 bits per heavy atom. The normalized spacial score (nSPS) is 16.6. The molecular weight excluding hydrogens is 398 g/mol. The van der Waals surface area contributed by atoms with Crippen LogP contribution in [0.1, 0.15) is 30.5 Å². The van der Waals surface area contributed by atoms with E-state index in [4.69, 9.17) is 0 Å². The number of nitrogens with one attached hydrogen (secondary N) is 1. The van der Waals surface area contributed by atoms with Gasteiger partial charge in [-0.1, -0.05) is 65.7 Å². The summed E-state index contributed by atoms with van der Waals surface area (Å²) in [5.41, 5.74) is 2.44. The van der Waals surface area contributed by atoms with E-state index in [1.165, 1.54) is 0 Å². The Bertz CT molecular complexity index is 1000. The Labute approximate surface area is 178 Å². The average Bonchev–Trinajstić information content (AvgIpc) is 2.74. The lowest BCUT2D eigenvalue weighted by atomic mass is 9.90. The molecule has 0 saturated carbocycles. The van der Waals surface area contributed by atoms with E-state index < -0.39 is 27.3 Å². The van der Waals surface area contributed by atoms with Gasteiger partial charge in [-0.15, -0.1) is 0 Å². The summed E-state index contributed by atoms with van der Waals surface area (Å²) in [6, 6.07) is 25.2. The minimum Gasteiger partial charge on any atom is -0.254 e. The van der Waals surface area contributed by atoms with Crippen molar-refractivity contribution in [1.29, 1.82) is 0 Å². The number of hydrogen-bond acceptors (Lipinski definition) is 2. The average molecular weight is 426 g/mol. The summed E-state index contributed by atoms with van der Waals surface area (Å²) in [6.07, 6.45) is 0. The van der Waals surface area contributed by atoms with E-state index in [0.29, 0.717) is 4.90 Å². The van der Waals surface area contributed by atoms with Crippen molar-refractivity contribution in [3.8, 4) is 0 Å². The standard InChI is InChI=1S/C24H27NO2S2/c1-18-10-14-22(15-11-18)28(26)20(3)24(4,21-8-6-5-7-9-21)25-29(27)23-16-12-19(2)13-17-23/h5-17,20,25H,1-4H3/t20-,24+,28-,29+/m0/s1. The highest BCUT2D eigenvalue weighted by Crippen LogP contribution is 2.31. The molecule has 29 heavy (non-hydrogen) atoms. The van der Waals surface area contributed by atoms with Crippen LogP contribution in [0.4, 0.5) is 0 Å². The summed E-state index contributed by atoms with van der Waals surface area (Å²) in [5.74, 6) is 0. The molecule has 0 aromatic heterocycles. The Hall–Kier alpha value is -2.08. The topological polar surface area (TPSA) is 46.2 Å². The van der Waals surface area contributed by atoms with E-state index in [1.54, 1.807) is 0 Å². The summed E-state index contributed by atoms with van der Waals surface area (Å²) in [5, 5.41) is -0.318. The van der Waals surface area contributed by atoms with Gasteiger partial charge in [0.05, 0.1) is 26.5 Å². The van der Waals surface area contributed by atoms with Gasteiger partial charge in [0, 0.05) is 4.90 Å². The molecule has 3 rings (SSSR count). The zero-order chi connectivity index (χ0) is 21.0. The molecule has 0 unspecified atom stereocenters. The van der Waals surface area contributed by atoms with Crippen LogP contribution >= 0.6 is 0 Å². The highest BCUT2D eigenvalue weighted by atomic mass is 32.2. The largest absolute Gasteiger partial charge is 0.254 e. The van der Waals surface area contributed by atoms with E-state index in [2.05, 4.69) is 4.72 Å². The summed E-state index contributed by atoms with van der Waals surface area (Å²) in [4.78, 5) is 1.47. The quantitative estimate of drug-likeness (QED) is 0.577. The molecule has 0 fully saturated rings. The van der Waals surface area contributed by atoms with Crippen molar-refractivity contribution in [2.24, 2.45) is 0 Å². The van der Waals surface area contributed by atoms with Crippen LogP contribution in [0, 0.1) is 13.8 Å². The van der Waals surface area contributed by atoms with E-state index in [-0.39, 0.29) is 5.25 Å². The third-order valence-electron chi connectivity index (χ3n) is 5.30. The Kier molecular flexibility index (Phi) is 6.83. The van der Waals surface area contributed by atoms with Gasteiger partial charge in [-0.25, -0.2) is 8.93 Å². The molecule has 0 heterocycles. The summed E-state index contributed by atoms with van der Waals surface area (Å²) < 4.78 is 29.9. The van der Waals surface area contributed by atoms with E-state index >= 15 is 0 Å². The fraction of sp³-hybridized carbons (Fsp3) is 0.250. The van der Waals surface area contributed by atoms with Gasteiger partial charge in [-0.2, -0.15) is 0 Å². The van der Waals surface area contributed by atoms with Gasteiger partial charge in [0.15, 0.2) is 0 Å². The predicted molar refractivity (Wildman–Crippen MR) is 122 cm³/mol. The molecule has 152 valence electrons. The van der Waals surface area contributed by atoms with Crippen LogP contribution in [-0.4, -0.2) is 13.7 Å². The van der Waals surface area contributed by atoms with Crippen molar-refractivity contribution in [2.75, 3.05) is 0 Å². The maximum Gasteiger partial charge on any atom is 0.125 e. The minimum absolute atomic E-state index is 0.318. The predicted octanol–water partition coefficient (Wildman–Crippen LogP) is 5.03. The molecular formula is C24H27NO2S2. The maximum absolute atomic E-state index is 13.4. The highest BCUT2D eigenvalue weighted by molar-refractivity contribution is 7.86. The number of rotatable bonds is 7. The number of aryl methyl sites for hydroxylation is 2. The molecule has 0 saturated heterocycles. The molecule has 3 aromatic carbocycles. The summed E-state index contributed by atoms with van der Waals surface area (Å²) in [7, 11) is -2.72. The lowest BCUT2D eigenvalue weighted by Gasteiger charge is -2.36. The van der Waals surface area contributed by atoms with Crippen molar-refractivity contribution in [1.82, 2.24) is 4.72 Å². The summed E-state index contributed by atoms with van der Waals surface area (Å²) in [6.45, 7) is 7.94. The van der Waals surface area contributed by atoms with Crippen molar-refractivity contribution in [2.45, 2.75) is 48.3 Å². The van der Waals surface area contributed by atoms with Gasteiger partial charge in [-0.3, -0.25) is 4.21 Å². The van der Waals surface area contributed by atoms with Gasteiger partial charge in [0.2, 0.25) is 0 Å². The lowest BCUT2D eigenvalue weighted by Crippen LogP contribution is -2.50. The molecule has 0 spiro atoms. The highest BCUT2D eigenvalue weighted by Gasteiger charge is 2.38. The zero-order valence-electron chi connectivity index (χ0n) is 17.2. The molecule has 3 aromatic rings. The second-order valence-corrected chi connectivity index (χ2v) is 10.5. The third kappa shape index (κ3) is 4.92. The first-order valence-electron chi connectivity index (χ1n) is 9.60. The smallest absolute Gasteiger partial charge is 0.125 e. The lowest BCUT2D eigenvalue weighted by molar-refractivity contribution is 0.434. The first kappa shape index (κ1) is 21.6. The Morgan fingerprint density at radius 3 is 1.76 bits per heavy atom. The van der Waals surface area contributed by atoms with E-state index in [9.17, 15) is 8.42 Å². The Balaban J connectivity index is 1.97. The van der Waals surface area contributed by atoms with Gasteiger partial charge in [-0.05, 0) is 57.5 Å². The van der Waals surface area contributed by atoms with Crippen LogP contribution in [0.3, 0.4) is 0 Å². The molecule has 0 radical (unpaired) electrons. The van der Waals surface area contributed by atoms with Gasteiger partial charge in [0.1, 0.15) is 11.0 Å². The van der Waals surface area contributed by atoms with Crippen LogP contribution in [0.15, 0.2) is 88.7 Å². The molecule has 0 amide bonds.